The number of halogens is 2. The number of carbonyl (C=O) groups excluding carboxylic acids is 1. The summed E-state index contributed by atoms with van der Waals surface area (Å²) in [7, 11) is 1.61. The quantitative estimate of drug-likeness (QED) is 0.130. The molecule has 0 spiro atoms. The van der Waals surface area contributed by atoms with Gasteiger partial charge >= 0.3 is 0 Å². The second kappa shape index (κ2) is 13.4. The smallest absolute Gasteiger partial charge is 0.253 e. The summed E-state index contributed by atoms with van der Waals surface area (Å²) in [6, 6.07) is 12.4. The maximum atomic E-state index is 14.4. The van der Waals surface area contributed by atoms with Crippen molar-refractivity contribution < 1.29 is 18.3 Å². The predicted molar refractivity (Wildman–Crippen MR) is 160 cm³/mol. The predicted octanol–water partition coefficient (Wildman–Crippen LogP) is 3.81. The van der Waals surface area contributed by atoms with Gasteiger partial charge in [0, 0.05) is 56.7 Å². The molecular formula is C29H35F2N9O2. The van der Waals surface area contributed by atoms with Crippen molar-refractivity contribution in [2.45, 2.75) is 18.9 Å². The summed E-state index contributed by atoms with van der Waals surface area (Å²) in [5.74, 6) is -0.359. The molecule has 42 heavy (non-hydrogen) atoms. The third kappa shape index (κ3) is 6.69. The summed E-state index contributed by atoms with van der Waals surface area (Å²) >= 11 is 0. The Labute approximate surface area is 242 Å². The number of nitrogens with two attached hydrogens (primary N) is 1. The molecule has 1 aliphatic rings. The normalized spacial score (nSPS) is 13.8. The zero-order chi connectivity index (χ0) is 29.5. The van der Waals surface area contributed by atoms with Gasteiger partial charge in [-0.15, -0.1) is 0 Å². The Morgan fingerprint density at radius 3 is 2.69 bits per heavy atom. The lowest BCUT2D eigenvalue weighted by Crippen LogP contribution is -2.44. The minimum Gasteiger partial charge on any atom is -0.494 e. The molecule has 1 saturated heterocycles. The number of fused-ring (bicyclic) bond motifs is 1. The Morgan fingerprint density at radius 2 is 1.93 bits per heavy atom. The molecule has 0 bridgehead atoms. The van der Waals surface area contributed by atoms with Crippen LogP contribution in [0.15, 0.2) is 48.7 Å². The number of carbonyl (C=O) groups is 1. The maximum absolute atomic E-state index is 14.4. The molecule has 13 heteroatoms. The molecule has 1 aliphatic heterocycles. The van der Waals surface area contributed by atoms with Gasteiger partial charge in [-0.25, -0.2) is 8.78 Å². The molecule has 0 saturated carbocycles. The number of benzene rings is 2. The molecule has 2 aromatic heterocycles. The van der Waals surface area contributed by atoms with E-state index in [4.69, 9.17) is 10.5 Å². The number of hydrogen-bond donors (Lipinski definition) is 6. The third-order valence-corrected chi connectivity index (χ3v) is 7.23. The average Bonchev–Trinajstić information content (AvgIpc) is 3.47. The fourth-order valence-corrected chi connectivity index (χ4v) is 5.10. The molecule has 0 radical (unpaired) electrons. The van der Waals surface area contributed by atoms with Crippen molar-refractivity contribution in [3.05, 3.63) is 60.0 Å². The molecular weight excluding hydrogens is 544 g/mol. The van der Waals surface area contributed by atoms with E-state index in [2.05, 4.69) is 41.1 Å². The van der Waals surface area contributed by atoms with Crippen LogP contribution in [0, 0.1) is 5.82 Å². The second-order valence-electron chi connectivity index (χ2n) is 9.95. The molecule has 2 aromatic carbocycles. The molecule has 4 aromatic rings. The van der Waals surface area contributed by atoms with Crippen LogP contribution in [0.3, 0.4) is 0 Å². The fraction of sp³-hybridized carbons (Fsp3) is 0.345. The first kappa shape index (κ1) is 29.0. The fourth-order valence-electron chi connectivity index (χ4n) is 5.10. The Balaban J connectivity index is 1.30. The molecule has 0 unspecified atom stereocenters. The van der Waals surface area contributed by atoms with E-state index in [1.54, 1.807) is 25.4 Å². The Bertz CT molecular complexity index is 1520. The number of amides is 1. The molecule has 0 aliphatic carbocycles. The van der Waals surface area contributed by atoms with Crippen LogP contribution < -0.4 is 36.6 Å². The van der Waals surface area contributed by atoms with E-state index in [1.165, 1.54) is 12.1 Å². The zero-order valence-electron chi connectivity index (χ0n) is 23.3. The highest BCUT2D eigenvalue weighted by Crippen LogP contribution is 2.34. The van der Waals surface area contributed by atoms with Gasteiger partial charge in [0.15, 0.2) is 0 Å². The Morgan fingerprint density at radius 1 is 1.10 bits per heavy atom. The summed E-state index contributed by atoms with van der Waals surface area (Å²) in [5.41, 5.74) is 7.63. The third-order valence-electron chi connectivity index (χ3n) is 7.23. The second-order valence-corrected chi connectivity index (χ2v) is 9.95. The molecule has 1 amide bonds. The zero-order valence-corrected chi connectivity index (χ0v) is 23.3. The maximum Gasteiger partial charge on any atom is 0.253 e. The first-order valence-electron chi connectivity index (χ1n) is 13.9. The Hall–Kier alpha value is -4.49. The van der Waals surface area contributed by atoms with Crippen molar-refractivity contribution >= 4 is 45.8 Å². The number of primary amides is 1. The van der Waals surface area contributed by atoms with Crippen LogP contribution in [0.25, 0.3) is 11.0 Å². The minimum absolute atomic E-state index is 0.198. The van der Waals surface area contributed by atoms with E-state index in [1.807, 2.05) is 18.2 Å². The van der Waals surface area contributed by atoms with Crippen LogP contribution >= 0.6 is 0 Å². The standard InChI is InChI=1S/C29H35F2N9O2/c1-42-24-17-19(40-15-8-18(9-16-40)34-14-13-33-12-10-30)5-6-22(24)37-29-38-27-20(7-11-35-27)28(39-29)36-23-4-2-3-21(31)25(23)26(32)41/h2-7,11,17-18,33-34H,8-10,12-16H2,1H3,(H2,32,41)(H3,35,36,37,38,39). The van der Waals surface area contributed by atoms with E-state index >= 15 is 0 Å². The largest absolute Gasteiger partial charge is 0.494 e. The molecule has 11 nitrogen and oxygen atoms in total. The van der Waals surface area contributed by atoms with Crippen molar-refractivity contribution in [3.63, 3.8) is 0 Å². The van der Waals surface area contributed by atoms with Gasteiger partial charge in [0.05, 0.1) is 29.4 Å². The number of aromatic nitrogens is 3. The number of methoxy groups -OCH3 is 1. The lowest BCUT2D eigenvalue weighted by atomic mass is 10.0. The van der Waals surface area contributed by atoms with E-state index < -0.39 is 11.7 Å². The van der Waals surface area contributed by atoms with Crippen molar-refractivity contribution in [3.8, 4) is 5.75 Å². The van der Waals surface area contributed by atoms with Gasteiger partial charge in [-0.2, -0.15) is 9.97 Å². The average molecular weight is 580 g/mol. The number of aromatic amines is 1. The molecule has 5 rings (SSSR count). The van der Waals surface area contributed by atoms with Gasteiger partial charge in [-0.05, 0) is 43.2 Å². The first-order valence-corrected chi connectivity index (χ1v) is 13.9. The number of nitrogens with one attached hydrogen (secondary N) is 5. The topological polar surface area (TPSA) is 145 Å². The number of rotatable bonds is 13. The number of hydrogen-bond acceptors (Lipinski definition) is 9. The van der Waals surface area contributed by atoms with Gasteiger partial charge in [0.2, 0.25) is 5.95 Å². The molecule has 3 heterocycles. The molecule has 7 N–H and O–H groups in total. The highest BCUT2D eigenvalue weighted by atomic mass is 19.1. The lowest BCUT2D eigenvalue weighted by Gasteiger charge is -2.34. The van der Waals surface area contributed by atoms with E-state index in [0.717, 1.165) is 44.7 Å². The van der Waals surface area contributed by atoms with Gasteiger partial charge in [-0.3, -0.25) is 4.79 Å². The van der Waals surface area contributed by atoms with E-state index in [0.29, 0.717) is 40.9 Å². The monoisotopic (exact) mass is 579 g/mol. The SMILES string of the molecule is COc1cc(N2CCC(NCCNCCF)CC2)ccc1Nc1nc(Nc2cccc(F)c2C(N)=O)c2cc[nH]c2n1. The van der Waals surface area contributed by atoms with Crippen LogP contribution in [-0.4, -0.2) is 73.4 Å². The van der Waals surface area contributed by atoms with Crippen LogP contribution in [0.5, 0.6) is 5.75 Å². The number of nitrogens with zero attached hydrogens (tertiary/aromatic N) is 3. The number of anilines is 5. The van der Waals surface area contributed by atoms with Crippen LogP contribution in [0.2, 0.25) is 0 Å². The number of piperidine rings is 1. The van der Waals surface area contributed by atoms with E-state index in [-0.39, 0.29) is 23.9 Å². The van der Waals surface area contributed by atoms with Gasteiger partial charge < -0.3 is 41.6 Å². The number of H-pyrrole nitrogens is 1. The molecule has 0 atom stereocenters. The summed E-state index contributed by atoms with van der Waals surface area (Å²) < 4.78 is 32.3. The Kier molecular flexibility index (Phi) is 9.29. The van der Waals surface area contributed by atoms with Crippen molar-refractivity contribution in [1.82, 2.24) is 25.6 Å². The molecule has 1 fully saturated rings. The highest BCUT2D eigenvalue weighted by Gasteiger charge is 2.21. The summed E-state index contributed by atoms with van der Waals surface area (Å²) in [6.45, 7) is 3.43. The van der Waals surface area contributed by atoms with E-state index in [9.17, 15) is 13.6 Å². The van der Waals surface area contributed by atoms with Gasteiger partial charge in [-0.1, -0.05) is 6.07 Å². The minimum atomic E-state index is -0.888. The van der Waals surface area contributed by atoms with Crippen LogP contribution in [0.1, 0.15) is 23.2 Å². The van der Waals surface area contributed by atoms with Gasteiger partial charge in [0.25, 0.3) is 5.91 Å². The summed E-state index contributed by atoms with van der Waals surface area (Å²) in [6.07, 6.45) is 3.73. The van der Waals surface area contributed by atoms with Crippen molar-refractivity contribution in [2.75, 3.05) is 62.0 Å². The highest BCUT2D eigenvalue weighted by molar-refractivity contribution is 6.01. The number of ether oxygens (including phenoxy) is 1. The summed E-state index contributed by atoms with van der Waals surface area (Å²) in [4.78, 5) is 26.5. The first-order chi connectivity index (χ1) is 20.5. The van der Waals surface area contributed by atoms with Crippen LogP contribution in [-0.2, 0) is 0 Å². The van der Waals surface area contributed by atoms with Crippen molar-refractivity contribution in [2.24, 2.45) is 5.73 Å². The van der Waals surface area contributed by atoms with Gasteiger partial charge in [0.1, 0.15) is 29.7 Å². The number of alkyl halides is 1. The van der Waals surface area contributed by atoms with Crippen LogP contribution in [0.4, 0.5) is 37.6 Å². The lowest BCUT2D eigenvalue weighted by molar-refractivity contribution is 0.0997. The summed E-state index contributed by atoms with van der Waals surface area (Å²) in [5, 5.41) is 13.5. The molecule has 222 valence electrons. The van der Waals surface area contributed by atoms with Crippen molar-refractivity contribution in [1.29, 1.82) is 0 Å².